The zero-order valence-electron chi connectivity index (χ0n) is 10.2. The second kappa shape index (κ2) is 5.16. The first-order chi connectivity index (χ1) is 9.34. The number of nitrogens with one attached hydrogen (secondary N) is 1. The summed E-state index contributed by atoms with van der Waals surface area (Å²) in [4.78, 5) is 7.40. The Hall–Kier alpha value is -2.26. The molecule has 0 unspecified atom stereocenters. The van der Waals surface area contributed by atoms with Gasteiger partial charge in [-0.25, -0.2) is 4.98 Å². The summed E-state index contributed by atoms with van der Waals surface area (Å²) < 4.78 is 0.499. The fourth-order valence-corrected chi connectivity index (χ4v) is 2.22. The second-order valence-electron chi connectivity index (χ2n) is 4.21. The minimum Gasteiger partial charge on any atom is -0.330 e. The molecule has 3 rings (SSSR count). The molecule has 0 bridgehead atoms. The average Bonchev–Trinajstić information content (AvgIpc) is 2.49. The molecule has 1 N–H and O–H groups in total. The van der Waals surface area contributed by atoms with Gasteiger partial charge in [0.2, 0.25) is 0 Å². The molecule has 0 aliphatic rings. The number of hydrogen-bond acceptors (Lipinski definition) is 2. The minimum atomic E-state index is 0.499. The maximum absolute atomic E-state index is 5.14. The molecule has 3 aromatic rings. The van der Waals surface area contributed by atoms with Gasteiger partial charge in [0.05, 0.1) is 5.69 Å². The van der Waals surface area contributed by atoms with E-state index in [1.54, 1.807) is 0 Å². The van der Waals surface area contributed by atoms with E-state index in [4.69, 9.17) is 12.2 Å². The SMILES string of the molecule is S=c1ncc(-c2ccccc2)c(-c2ccccc2)[nH]1. The largest absolute Gasteiger partial charge is 0.330 e. The van der Waals surface area contributed by atoms with Crippen molar-refractivity contribution in [1.29, 1.82) is 0 Å². The summed E-state index contributed by atoms with van der Waals surface area (Å²) in [5.74, 6) is 0. The van der Waals surface area contributed by atoms with Crippen LogP contribution in [-0.4, -0.2) is 9.97 Å². The summed E-state index contributed by atoms with van der Waals surface area (Å²) in [6, 6.07) is 20.3. The smallest absolute Gasteiger partial charge is 0.197 e. The number of aromatic nitrogens is 2. The summed E-state index contributed by atoms with van der Waals surface area (Å²) >= 11 is 5.14. The summed E-state index contributed by atoms with van der Waals surface area (Å²) in [6.45, 7) is 0. The van der Waals surface area contributed by atoms with Crippen molar-refractivity contribution in [3.63, 3.8) is 0 Å². The molecule has 2 nitrogen and oxygen atoms in total. The average molecular weight is 264 g/mol. The Balaban J connectivity index is 2.24. The van der Waals surface area contributed by atoms with Gasteiger partial charge >= 0.3 is 0 Å². The zero-order valence-corrected chi connectivity index (χ0v) is 11.0. The van der Waals surface area contributed by atoms with E-state index in [1.165, 1.54) is 0 Å². The summed E-state index contributed by atoms with van der Waals surface area (Å²) in [7, 11) is 0. The maximum Gasteiger partial charge on any atom is 0.197 e. The Morgan fingerprint density at radius 1 is 0.789 bits per heavy atom. The minimum absolute atomic E-state index is 0.499. The molecule has 92 valence electrons. The third kappa shape index (κ3) is 2.46. The number of aromatic amines is 1. The van der Waals surface area contributed by atoms with E-state index in [0.29, 0.717) is 4.77 Å². The number of benzene rings is 2. The molecule has 2 aromatic carbocycles. The predicted molar refractivity (Wildman–Crippen MR) is 80.3 cm³/mol. The van der Waals surface area contributed by atoms with Crippen molar-refractivity contribution in [3.8, 4) is 22.4 Å². The number of rotatable bonds is 2. The van der Waals surface area contributed by atoms with Gasteiger partial charge in [0, 0.05) is 11.8 Å². The standard InChI is InChI=1S/C16H12N2S/c19-16-17-11-14(12-7-3-1-4-8-12)15(18-16)13-9-5-2-6-10-13/h1-11H,(H,17,18,19). The molecule has 1 aromatic heterocycles. The van der Waals surface area contributed by atoms with Crippen molar-refractivity contribution in [2.75, 3.05) is 0 Å². The van der Waals surface area contributed by atoms with Crippen molar-refractivity contribution in [3.05, 3.63) is 71.6 Å². The van der Waals surface area contributed by atoms with E-state index in [9.17, 15) is 0 Å². The van der Waals surface area contributed by atoms with E-state index < -0.39 is 0 Å². The lowest BCUT2D eigenvalue weighted by Crippen LogP contribution is -1.92. The number of hydrogen-bond donors (Lipinski definition) is 1. The van der Waals surface area contributed by atoms with Crippen molar-refractivity contribution in [1.82, 2.24) is 9.97 Å². The molecule has 0 saturated heterocycles. The molecule has 0 fully saturated rings. The lowest BCUT2D eigenvalue weighted by molar-refractivity contribution is 1.14. The summed E-state index contributed by atoms with van der Waals surface area (Å²) in [5, 5.41) is 0. The summed E-state index contributed by atoms with van der Waals surface area (Å²) in [5.41, 5.74) is 4.29. The molecular formula is C16H12N2S. The van der Waals surface area contributed by atoms with Crippen LogP contribution in [0.4, 0.5) is 0 Å². The molecule has 0 aliphatic carbocycles. The Morgan fingerprint density at radius 3 is 2.00 bits per heavy atom. The van der Waals surface area contributed by atoms with E-state index in [1.807, 2.05) is 42.6 Å². The van der Waals surface area contributed by atoms with Crippen LogP contribution in [0, 0.1) is 4.77 Å². The van der Waals surface area contributed by atoms with Gasteiger partial charge in [0.15, 0.2) is 4.77 Å². The fraction of sp³-hybridized carbons (Fsp3) is 0. The first-order valence-electron chi connectivity index (χ1n) is 6.05. The molecule has 3 heteroatoms. The molecule has 0 amide bonds. The van der Waals surface area contributed by atoms with Crippen LogP contribution in [0.2, 0.25) is 0 Å². The van der Waals surface area contributed by atoms with Gasteiger partial charge in [-0.1, -0.05) is 60.7 Å². The molecule has 1 heterocycles. The second-order valence-corrected chi connectivity index (χ2v) is 4.60. The van der Waals surface area contributed by atoms with Gasteiger partial charge in [-0.15, -0.1) is 0 Å². The monoisotopic (exact) mass is 264 g/mol. The van der Waals surface area contributed by atoms with Gasteiger partial charge in [-0.05, 0) is 23.3 Å². The summed E-state index contributed by atoms with van der Waals surface area (Å²) in [6.07, 6.45) is 1.83. The highest BCUT2D eigenvalue weighted by atomic mass is 32.1. The van der Waals surface area contributed by atoms with E-state index in [2.05, 4.69) is 34.2 Å². The van der Waals surface area contributed by atoms with Crippen LogP contribution < -0.4 is 0 Å². The van der Waals surface area contributed by atoms with Gasteiger partial charge in [-0.2, -0.15) is 0 Å². The highest BCUT2D eigenvalue weighted by Crippen LogP contribution is 2.29. The maximum atomic E-state index is 5.14. The van der Waals surface area contributed by atoms with Crippen LogP contribution in [0.5, 0.6) is 0 Å². The Morgan fingerprint density at radius 2 is 1.37 bits per heavy atom. The van der Waals surface area contributed by atoms with E-state index >= 15 is 0 Å². The van der Waals surface area contributed by atoms with Gasteiger partial charge in [0.1, 0.15) is 0 Å². The Bertz CT molecular complexity index is 733. The Labute approximate surface area is 116 Å². The first kappa shape index (κ1) is 11.8. The van der Waals surface area contributed by atoms with Crippen LogP contribution in [0.1, 0.15) is 0 Å². The highest BCUT2D eigenvalue weighted by molar-refractivity contribution is 7.71. The van der Waals surface area contributed by atoms with Gasteiger partial charge in [-0.3, -0.25) is 0 Å². The quantitative estimate of drug-likeness (QED) is 0.692. The zero-order chi connectivity index (χ0) is 13.1. The number of nitrogens with zero attached hydrogens (tertiary/aromatic N) is 1. The number of H-pyrrole nitrogens is 1. The lowest BCUT2D eigenvalue weighted by Gasteiger charge is -2.09. The molecule has 19 heavy (non-hydrogen) atoms. The molecule has 0 aliphatic heterocycles. The molecular weight excluding hydrogens is 252 g/mol. The van der Waals surface area contributed by atoms with Crippen molar-refractivity contribution < 1.29 is 0 Å². The van der Waals surface area contributed by atoms with Crippen LogP contribution in [0.3, 0.4) is 0 Å². The van der Waals surface area contributed by atoms with Crippen LogP contribution in [-0.2, 0) is 0 Å². The lowest BCUT2D eigenvalue weighted by atomic mass is 10.0. The van der Waals surface area contributed by atoms with Gasteiger partial charge < -0.3 is 4.98 Å². The normalized spacial score (nSPS) is 10.3. The topological polar surface area (TPSA) is 28.7 Å². The first-order valence-corrected chi connectivity index (χ1v) is 6.45. The Kier molecular flexibility index (Phi) is 3.21. The predicted octanol–water partition coefficient (Wildman–Crippen LogP) is 4.47. The van der Waals surface area contributed by atoms with E-state index in [-0.39, 0.29) is 0 Å². The third-order valence-corrected chi connectivity index (χ3v) is 3.17. The van der Waals surface area contributed by atoms with Crippen LogP contribution >= 0.6 is 12.2 Å². The molecule has 0 radical (unpaired) electrons. The molecule has 0 saturated carbocycles. The van der Waals surface area contributed by atoms with E-state index in [0.717, 1.165) is 22.4 Å². The van der Waals surface area contributed by atoms with Crippen molar-refractivity contribution in [2.45, 2.75) is 0 Å². The van der Waals surface area contributed by atoms with Crippen molar-refractivity contribution >= 4 is 12.2 Å². The van der Waals surface area contributed by atoms with Crippen molar-refractivity contribution in [2.24, 2.45) is 0 Å². The molecule has 0 spiro atoms. The third-order valence-electron chi connectivity index (χ3n) is 2.96. The van der Waals surface area contributed by atoms with Crippen LogP contribution in [0.25, 0.3) is 22.4 Å². The fourth-order valence-electron chi connectivity index (χ4n) is 2.06. The van der Waals surface area contributed by atoms with Crippen LogP contribution in [0.15, 0.2) is 66.9 Å². The highest BCUT2D eigenvalue weighted by Gasteiger charge is 2.07. The van der Waals surface area contributed by atoms with Gasteiger partial charge in [0.25, 0.3) is 0 Å². The molecule has 0 atom stereocenters.